The van der Waals surface area contributed by atoms with Crippen molar-refractivity contribution in [2.45, 2.75) is 12.8 Å². The van der Waals surface area contributed by atoms with Crippen molar-refractivity contribution in [3.05, 3.63) is 118 Å². The molecule has 0 fully saturated rings. The van der Waals surface area contributed by atoms with Gasteiger partial charge in [0.15, 0.2) is 0 Å². The summed E-state index contributed by atoms with van der Waals surface area (Å²) in [6, 6.07) is 13.5. The molecule has 0 saturated heterocycles. The smallest absolute Gasteiger partial charge is 0.143 e. The maximum Gasteiger partial charge on any atom is 0.143 e. The standard InChI is InChI=1S/C30H19F5O/c1-36-12-2-3-20-14-27(32)26(28(33)15-20)11-6-21-16-29(34)25(30(35)17-21)10-5-19-4-7-23-18-24(31)9-8-22(23)13-19/h4,7-9,13-18H,2-3,12H2,1H3. The second-order valence-corrected chi connectivity index (χ2v) is 8.05. The monoisotopic (exact) mass is 490 g/mol. The summed E-state index contributed by atoms with van der Waals surface area (Å²) < 4.78 is 76.2. The number of ether oxygens (including phenoxy) is 1. The predicted molar refractivity (Wildman–Crippen MR) is 129 cm³/mol. The number of benzene rings is 4. The molecular formula is C30H19F5O. The highest BCUT2D eigenvalue weighted by Crippen LogP contribution is 2.19. The normalized spacial score (nSPS) is 10.5. The lowest BCUT2D eigenvalue weighted by molar-refractivity contribution is 0.195. The number of hydrogen-bond donors (Lipinski definition) is 0. The van der Waals surface area contributed by atoms with Crippen LogP contribution in [0.15, 0.2) is 60.7 Å². The van der Waals surface area contributed by atoms with Crippen LogP contribution in [0.5, 0.6) is 0 Å². The average Bonchev–Trinajstić information content (AvgIpc) is 2.83. The van der Waals surface area contributed by atoms with Crippen LogP contribution < -0.4 is 0 Å². The number of rotatable bonds is 4. The molecule has 36 heavy (non-hydrogen) atoms. The first-order valence-corrected chi connectivity index (χ1v) is 11.0. The summed E-state index contributed by atoms with van der Waals surface area (Å²) in [7, 11) is 1.54. The van der Waals surface area contributed by atoms with Gasteiger partial charge in [0, 0.05) is 24.8 Å². The fourth-order valence-corrected chi connectivity index (χ4v) is 3.64. The third-order valence-electron chi connectivity index (χ3n) is 5.42. The van der Waals surface area contributed by atoms with Gasteiger partial charge in [0.1, 0.15) is 29.1 Å². The first-order valence-electron chi connectivity index (χ1n) is 11.0. The first-order chi connectivity index (χ1) is 17.3. The van der Waals surface area contributed by atoms with Crippen molar-refractivity contribution in [3.8, 4) is 23.7 Å². The Kier molecular flexibility index (Phi) is 7.68. The molecule has 0 spiro atoms. The minimum atomic E-state index is -0.955. The SMILES string of the molecule is COCCCc1cc(F)c(C#Cc2cc(F)c(C#Cc3ccc4cc(F)ccc4c3)c(F)c2)c(F)c1. The molecule has 0 bridgehead atoms. The van der Waals surface area contributed by atoms with E-state index in [2.05, 4.69) is 23.7 Å². The van der Waals surface area contributed by atoms with E-state index in [0.29, 0.717) is 36.0 Å². The van der Waals surface area contributed by atoms with Crippen molar-refractivity contribution < 1.29 is 26.7 Å². The minimum Gasteiger partial charge on any atom is -0.385 e. The fourth-order valence-electron chi connectivity index (χ4n) is 3.64. The molecule has 0 unspecified atom stereocenters. The lowest BCUT2D eigenvalue weighted by Gasteiger charge is -2.04. The summed E-state index contributed by atoms with van der Waals surface area (Å²) >= 11 is 0. The summed E-state index contributed by atoms with van der Waals surface area (Å²) in [5.41, 5.74) is -0.0743. The molecular weight excluding hydrogens is 471 g/mol. The van der Waals surface area contributed by atoms with Gasteiger partial charge in [-0.25, -0.2) is 22.0 Å². The molecule has 0 aliphatic rings. The maximum absolute atomic E-state index is 14.6. The summed E-state index contributed by atoms with van der Waals surface area (Å²) in [4.78, 5) is 0. The number of methoxy groups -OCH3 is 1. The number of fused-ring (bicyclic) bond motifs is 1. The largest absolute Gasteiger partial charge is 0.385 e. The molecule has 0 radical (unpaired) electrons. The number of halogens is 5. The molecule has 180 valence electrons. The second kappa shape index (κ2) is 11.1. The van der Waals surface area contributed by atoms with Crippen LogP contribution in [0, 0.1) is 52.8 Å². The highest BCUT2D eigenvalue weighted by molar-refractivity contribution is 5.84. The van der Waals surface area contributed by atoms with Crippen LogP contribution in [0.2, 0.25) is 0 Å². The average molecular weight is 490 g/mol. The molecule has 0 aromatic heterocycles. The van der Waals surface area contributed by atoms with Crippen LogP contribution >= 0.6 is 0 Å². The highest BCUT2D eigenvalue weighted by Gasteiger charge is 2.11. The third-order valence-corrected chi connectivity index (χ3v) is 5.42. The molecule has 0 N–H and O–H groups in total. The molecule has 0 heterocycles. The van der Waals surface area contributed by atoms with Gasteiger partial charge in [-0.05, 0) is 77.7 Å². The zero-order valence-corrected chi connectivity index (χ0v) is 19.2. The molecule has 0 aliphatic carbocycles. The van der Waals surface area contributed by atoms with Gasteiger partial charge in [0.2, 0.25) is 0 Å². The number of hydrogen-bond acceptors (Lipinski definition) is 1. The van der Waals surface area contributed by atoms with Crippen molar-refractivity contribution in [2.75, 3.05) is 13.7 Å². The maximum atomic E-state index is 14.6. The molecule has 6 heteroatoms. The molecule has 0 atom stereocenters. The quantitative estimate of drug-likeness (QED) is 0.172. The van der Waals surface area contributed by atoms with E-state index < -0.39 is 34.4 Å². The lowest BCUT2D eigenvalue weighted by atomic mass is 10.0. The Morgan fingerprint density at radius 3 is 1.81 bits per heavy atom. The Hall–Kier alpha value is -4.13. The zero-order chi connectivity index (χ0) is 25.7. The zero-order valence-electron chi connectivity index (χ0n) is 19.2. The van der Waals surface area contributed by atoms with Crippen LogP contribution in [-0.2, 0) is 11.2 Å². The molecule has 4 aromatic rings. The third kappa shape index (κ3) is 5.92. The van der Waals surface area contributed by atoms with Crippen LogP contribution in [0.25, 0.3) is 10.8 Å². The summed E-state index contributed by atoms with van der Waals surface area (Å²) in [5, 5.41) is 1.41. The topological polar surface area (TPSA) is 9.23 Å². The van der Waals surface area contributed by atoms with E-state index in [1.54, 1.807) is 31.4 Å². The van der Waals surface area contributed by atoms with Gasteiger partial charge in [-0.15, -0.1) is 0 Å². The molecule has 0 saturated carbocycles. The van der Waals surface area contributed by atoms with E-state index in [0.717, 1.165) is 17.5 Å². The van der Waals surface area contributed by atoms with E-state index in [9.17, 15) is 22.0 Å². The Bertz CT molecular complexity index is 1520. The first kappa shape index (κ1) is 25.0. The summed E-state index contributed by atoms with van der Waals surface area (Å²) in [6.07, 6.45) is 1.04. The van der Waals surface area contributed by atoms with Gasteiger partial charge in [-0.3, -0.25) is 0 Å². The Morgan fingerprint density at radius 1 is 0.611 bits per heavy atom. The fraction of sp³-hybridized carbons (Fsp3) is 0.133. The van der Waals surface area contributed by atoms with Crippen LogP contribution in [0.4, 0.5) is 22.0 Å². The van der Waals surface area contributed by atoms with Gasteiger partial charge in [0.25, 0.3) is 0 Å². The summed E-state index contributed by atoms with van der Waals surface area (Å²) in [5.74, 6) is 5.93. The summed E-state index contributed by atoms with van der Waals surface area (Å²) in [6.45, 7) is 0.464. The predicted octanol–water partition coefficient (Wildman–Crippen LogP) is 6.91. The molecule has 0 amide bonds. The van der Waals surface area contributed by atoms with Gasteiger partial charge >= 0.3 is 0 Å². The van der Waals surface area contributed by atoms with Crippen molar-refractivity contribution >= 4 is 10.8 Å². The molecule has 4 rings (SSSR count). The molecule has 0 aliphatic heterocycles. The Morgan fingerprint density at radius 2 is 1.17 bits per heavy atom. The van der Waals surface area contributed by atoms with Crippen LogP contribution in [0.1, 0.15) is 34.2 Å². The van der Waals surface area contributed by atoms with Crippen molar-refractivity contribution in [1.82, 2.24) is 0 Å². The van der Waals surface area contributed by atoms with E-state index in [1.165, 1.54) is 24.3 Å². The Labute approximate surface area is 205 Å². The highest BCUT2D eigenvalue weighted by atomic mass is 19.1. The van der Waals surface area contributed by atoms with E-state index >= 15 is 0 Å². The van der Waals surface area contributed by atoms with Crippen molar-refractivity contribution in [3.63, 3.8) is 0 Å². The lowest BCUT2D eigenvalue weighted by Crippen LogP contribution is -1.98. The van der Waals surface area contributed by atoms with Gasteiger partial charge < -0.3 is 4.74 Å². The van der Waals surface area contributed by atoms with Crippen molar-refractivity contribution in [1.29, 1.82) is 0 Å². The minimum absolute atomic E-state index is 0.0914. The van der Waals surface area contributed by atoms with Crippen molar-refractivity contribution in [2.24, 2.45) is 0 Å². The Balaban J connectivity index is 1.57. The number of aryl methyl sites for hydroxylation is 1. The van der Waals surface area contributed by atoms with E-state index in [1.807, 2.05) is 0 Å². The molecule has 4 aromatic carbocycles. The van der Waals surface area contributed by atoms with Crippen LogP contribution in [-0.4, -0.2) is 13.7 Å². The van der Waals surface area contributed by atoms with Gasteiger partial charge in [-0.1, -0.05) is 35.8 Å². The second-order valence-electron chi connectivity index (χ2n) is 8.05. The molecule has 1 nitrogen and oxygen atoms in total. The van der Waals surface area contributed by atoms with E-state index in [4.69, 9.17) is 4.74 Å². The van der Waals surface area contributed by atoms with Crippen LogP contribution in [0.3, 0.4) is 0 Å². The van der Waals surface area contributed by atoms with Gasteiger partial charge in [-0.2, -0.15) is 0 Å². The van der Waals surface area contributed by atoms with Gasteiger partial charge in [0.05, 0.1) is 11.1 Å². The van der Waals surface area contributed by atoms with E-state index in [-0.39, 0.29) is 11.4 Å².